The molecule has 0 N–H and O–H groups in total. The average Bonchev–Trinajstić information content (AvgIpc) is 2.52. The SMILES string of the molecule is COc1c(C)cnc(CN(C)C(=O)c2cc(Cl)ccc2I)c1C. The zero-order valence-electron chi connectivity index (χ0n) is 13.5. The second-order valence-electron chi connectivity index (χ2n) is 5.33. The highest BCUT2D eigenvalue weighted by molar-refractivity contribution is 14.1. The molecule has 2 rings (SSSR count). The summed E-state index contributed by atoms with van der Waals surface area (Å²) in [7, 11) is 3.40. The maximum absolute atomic E-state index is 12.7. The summed E-state index contributed by atoms with van der Waals surface area (Å²) < 4.78 is 6.29. The lowest BCUT2D eigenvalue weighted by Gasteiger charge is -2.20. The van der Waals surface area contributed by atoms with Gasteiger partial charge in [0.2, 0.25) is 0 Å². The molecule has 0 fully saturated rings. The quantitative estimate of drug-likeness (QED) is 0.663. The molecule has 0 bridgehead atoms. The lowest BCUT2D eigenvalue weighted by Crippen LogP contribution is -2.27. The highest BCUT2D eigenvalue weighted by Gasteiger charge is 2.18. The van der Waals surface area contributed by atoms with Crippen LogP contribution in [0, 0.1) is 17.4 Å². The Morgan fingerprint density at radius 2 is 2.09 bits per heavy atom. The summed E-state index contributed by atoms with van der Waals surface area (Å²) in [6.07, 6.45) is 1.77. The van der Waals surface area contributed by atoms with E-state index in [1.165, 1.54) is 0 Å². The number of aryl methyl sites for hydroxylation is 1. The largest absolute Gasteiger partial charge is 0.496 e. The number of carbonyl (C=O) groups is 1. The van der Waals surface area contributed by atoms with Gasteiger partial charge in [0.15, 0.2) is 0 Å². The molecule has 0 aliphatic rings. The molecule has 0 aliphatic heterocycles. The third-order valence-electron chi connectivity index (χ3n) is 3.64. The number of aromatic nitrogens is 1. The van der Waals surface area contributed by atoms with Crippen molar-refractivity contribution < 1.29 is 9.53 Å². The summed E-state index contributed by atoms with van der Waals surface area (Å²) in [5.74, 6) is 0.728. The second-order valence-corrected chi connectivity index (χ2v) is 6.93. The number of halogens is 2. The number of carbonyl (C=O) groups excluding carboxylic acids is 1. The molecule has 1 heterocycles. The van der Waals surface area contributed by atoms with Gasteiger partial charge in [-0.05, 0) is 54.6 Å². The van der Waals surface area contributed by atoms with Crippen molar-refractivity contribution in [1.29, 1.82) is 0 Å². The molecule has 122 valence electrons. The summed E-state index contributed by atoms with van der Waals surface area (Å²) in [5.41, 5.74) is 3.35. The Kier molecular flexibility index (Phi) is 5.86. The Balaban J connectivity index is 2.27. The maximum atomic E-state index is 12.7. The normalized spacial score (nSPS) is 10.5. The van der Waals surface area contributed by atoms with E-state index in [4.69, 9.17) is 16.3 Å². The van der Waals surface area contributed by atoms with Gasteiger partial charge in [0.05, 0.1) is 24.9 Å². The Morgan fingerprint density at radius 3 is 2.74 bits per heavy atom. The zero-order valence-corrected chi connectivity index (χ0v) is 16.4. The molecule has 0 unspecified atom stereocenters. The molecule has 4 nitrogen and oxygen atoms in total. The summed E-state index contributed by atoms with van der Waals surface area (Å²) in [5, 5.41) is 0.550. The Bertz CT molecular complexity index is 750. The number of hydrogen-bond donors (Lipinski definition) is 0. The first-order valence-corrected chi connectivity index (χ1v) is 8.50. The van der Waals surface area contributed by atoms with Crippen molar-refractivity contribution >= 4 is 40.1 Å². The molecule has 0 saturated carbocycles. The van der Waals surface area contributed by atoms with Gasteiger partial charge in [-0.25, -0.2) is 0 Å². The van der Waals surface area contributed by atoms with Crippen LogP contribution in [-0.4, -0.2) is 29.9 Å². The van der Waals surface area contributed by atoms with Crippen molar-refractivity contribution in [3.63, 3.8) is 0 Å². The van der Waals surface area contributed by atoms with E-state index in [2.05, 4.69) is 27.6 Å². The summed E-state index contributed by atoms with van der Waals surface area (Å²) in [4.78, 5) is 18.7. The van der Waals surface area contributed by atoms with Gasteiger partial charge in [0, 0.05) is 33.0 Å². The minimum absolute atomic E-state index is 0.0855. The molecule has 0 radical (unpaired) electrons. The molecule has 0 saturated heterocycles. The van der Waals surface area contributed by atoms with Crippen LogP contribution in [0.25, 0.3) is 0 Å². The predicted molar refractivity (Wildman–Crippen MR) is 100 cm³/mol. The Labute approximate surface area is 154 Å². The molecule has 1 amide bonds. The number of rotatable bonds is 4. The molecular formula is C17H18ClIN2O2. The lowest BCUT2D eigenvalue weighted by atomic mass is 10.1. The van der Waals surface area contributed by atoms with Crippen LogP contribution in [0.4, 0.5) is 0 Å². The zero-order chi connectivity index (χ0) is 17.1. The predicted octanol–water partition coefficient (Wildman–Crippen LogP) is 4.24. The number of amides is 1. The standard InChI is InChI=1S/C17H18ClIN2O2/c1-10-8-20-15(11(2)16(10)23-4)9-21(3)17(22)13-7-12(18)5-6-14(13)19/h5-8H,9H2,1-4H3. The van der Waals surface area contributed by atoms with E-state index in [1.54, 1.807) is 37.4 Å². The Morgan fingerprint density at radius 1 is 1.39 bits per heavy atom. The number of benzene rings is 1. The number of methoxy groups -OCH3 is 1. The summed E-state index contributed by atoms with van der Waals surface area (Å²) in [6, 6.07) is 5.30. The van der Waals surface area contributed by atoms with Crippen LogP contribution in [-0.2, 0) is 6.54 Å². The number of ether oxygens (including phenoxy) is 1. The molecule has 1 aromatic carbocycles. The lowest BCUT2D eigenvalue weighted by molar-refractivity contribution is 0.0782. The molecule has 1 aromatic heterocycles. The fourth-order valence-corrected chi connectivity index (χ4v) is 3.13. The van der Waals surface area contributed by atoms with E-state index < -0.39 is 0 Å². The van der Waals surface area contributed by atoms with Gasteiger partial charge in [-0.1, -0.05) is 11.6 Å². The second kappa shape index (κ2) is 7.49. The summed E-state index contributed by atoms with van der Waals surface area (Å²) >= 11 is 8.14. The first-order valence-electron chi connectivity index (χ1n) is 7.04. The minimum atomic E-state index is -0.0855. The van der Waals surface area contributed by atoms with Crippen molar-refractivity contribution in [2.75, 3.05) is 14.2 Å². The van der Waals surface area contributed by atoms with E-state index in [9.17, 15) is 4.79 Å². The molecule has 0 aliphatic carbocycles. The van der Waals surface area contributed by atoms with Crippen molar-refractivity contribution in [3.05, 3.63) is 55.4 Å². The van der Waals surface area contributed by atoms with Crippen molar-refractivity contribution in [1.82, 2.24) is 9.88 Å². The van der Waals surface area contributed by atoms with Crippen LogP contribution >= 0.6 is 34.2 Å². The Hall–Kier alpha value is -1.34. The van der Waals surface area contributed by atoms with Crippen LogP contribution in [0.1, 0.15) is 27.2 Å². The fraction of sp³-hybridized carbons (Fsp3) is 0.294. The first-order chi connectivity index (χ1) is 10.8. The van der Waals surface area contributed by atoms with Crippen LogP contribution < -0.4 is 4.74 Å². The van der Waals surface area contributed by atoms with Crippen molar-refractivity contribution in [2.45, 2.75) is 20.4 Å². The van der Waals surface area contributed by atoms with Gasteiger partial charge in [-0.3, -0.25) is 9.78 Å². The van der Waals surface area contributed by atoms with Crippen LogP contribution in [0.2, 0.25) is 5.02 Å². The van der Waals surface area contributed by atoms with Crippen molar-refractivity contribution in [2.24, 2.45) is 0 Å². The van der Waals surface area contributed by atoms with Crippen LogP contribution in [0.3, 0.4) is 0 Å². The number of hydrogen-bond acceptors (Lipinski definition) is 3. The maximum Gasteiger partial charge on any atom is 0.255 e. The van der Waals surface area contributed by atoms with E-state index in [0.717, 1.165) is 26.1 Å². The molecule has 0 atom stereocenters. The van der Waals surface area contributed by atoms with Crippen LogP contribution in [0.5, 0.6) is 5.75 Å². The number of nitrogens with zero attached hydrogens (tertiary/aromatic N) is 2. The van der Waals surface area contributed by atoms with E-state index in [0.29, 0.717) is 17.1 Å². The highest BCUT2D eigenvalue weighted by atomic mass is 127. The van der Waals surface area contributed by atoms with E-state index >= 15 is 0 Å². The average molecular weight is 445 g/mol. The number of pyridine rings is 1. The minimum Gasteiger partial charge on any atom is -0.496 e. The van der Waals surface area contributed by atoms with E-state index in [-0.39, 0.29) is 5.91 Å². The van der Waals surface area contributed by atoms with Gasteiger partial charge < -0.3 is 9.64 Å². The third kappa shape index (κ3) is 3.95. The van der Waals surface area contributed by atoms with Gasteiger partial charge in [0.25, 0.3) is 5.91 Å². The third-order valence-corrected chi connectivity index (χ3v) is 4.82. The van der Waals surface area contributed by atoms with Gasteiger partial charge in [-0.15, -0.1) is 0 Å². The molecule has 2 aromatic rings. The molecule has 0 spiro atoms. The molecule has 6 heteroatoms. The smallest absolute Gasteiger partial charge is 0.255 e. The monoisotopic (exact) mass is 444 g/mol. The van der Waals surface area contributed by atoms with Gasteiger partial charge in [-0.2, -0.15) is 0 Å². The van der Waals surface area contributed by atoms with E-state index in [1.807, 2.05) is 19.9 Å². The first kappa shape index (κ1) is 18.0. The topological polar surface area (TPSA) is 42.4 Å². The fourth-order valence-electron chi connectivity index (χ4n) is 2.39. The van der Waals surface area contributed by atoms with Crippen LogP contribution in [0.15, 0.2) is 24.4 Å². The summed E-state index contributed by atoms with van der Waals surface area (Å²) in [6.45, 7) is 4.31. The van der Waals surface area contributed by atoms with Gasteiger partial charge in [0.1, 0.15) is 5.75 Å². The molecular weight excluding hydrogens is 427 g/mol. The van der Waals surface area contributed by atoms with Gasteiger partial charge >= 0.3 is 0 Å². The highest BCUT2D eigenvalue weighted by Crippen LogP contribution is 2.25. The molecule has 23 heavy (non-hydrogen) atoms. The van der Waals surface area contributed by atoms with Crippen molar-refractivity contribution in [3.8, 4) is 5.75 Å².